The fourth-order valence-electron chi connectivity index (χ4n) is 4.70. The van der Waals surface area contributed by atoms with E-state index in [9.17, 15) is 23.2 Å². The number of fused-ring (bicyclic) bond motifs is 3. The Morgan fingerprint density at radius 2 is 2.03 bits per heavy atom. The molecule has 7 nitrogen and oxygen atoms in total. The van der Waals surface area contributed by atoms with Crippen molar-refractivity contribution >= 4 is 5.82 Å². The number of nitrogens with zero attached hydrogens (tertiary/aromatic N) is 4. The van der Waals surface area contributed by atoms with Gasteiger partial charge in [0.2, 0.25) is 5.88 Å². The van der Waals surface area contributed by atoms with Crippen LogP contribution >= 0.6 is 0 Å². The van der Waals surface area contributed by atoms with Crippen molar-refractivity contribution in [3.05, 3.63) is 75.7 Å². The SMILES string of the molecule is CC12CCCN1c1cc(OCc3ccc(Oc4cccc(C(F)(F)F)c4)c(C#N)c3)nc(=O)n1C2. The van der Waals surface area contributed by atoms with Gasteiger partial charge in [-0.2, -0.15) is 23.4 Å². The zero-order chi connectivity index (χ0) is 24.8. The van der Waals surface area contributed by atoms with Crippen LogP contribution < -0.4 is 20.1 Å². The molecular weight excluding hydrogens is 461 g/mol. The fourth-order valence-corrected chi connectivity index (χ4v) is 4.70. The molecule has 1 atom stereocenters. The zero-order valence-electron chi connectivity index (χ0n) is 18.8. The van der Waals surface area contributed by atoms with Gasteiger partial charge in [-0.05, 0) is 55.7 Å². The second-order valence-corrected chi connectivity index (χ2v) is 8.93. The summed E-state index contributed by atoms with van der Waals surface area (Å²) in [4.78, 5) is 18.8. The molecule has 0 saturated carbocycles. The van der Waals surface area contributed by atoms with Crippen molar-refractivity contribution in [3.63, 3.8) is 0 Å². The van der Waals surface area contributed by atoms with Gasteiger partial charge in [-0.1, -0.05) is 12.1 Å². The summed E-state index contributed by atoms with van der Waals surface area (Å²) in [5.41, 5.74) is -0.533. The van der Waals surface area contributed by atoms with Gasteiger partial charge in [-0.25, -0.2) is 4.79 Å². The number of aromatic nitrogens is 2. The Balaban J connectivity index is 1.32. The summed E-state index contributed by atoms with van der Waals surface area (Å²) in [5.74, 6) is 1.08. The topological polar surface area (TPSA) is 80.4 Å². The Hall–Kier alpha value is -4.00. The van der Waals surface area contributed by atoms with E-state index in [1.165, 1.54) is 24.3 Å². The lowest BCUT2D eigenvalue weighted by Gasteiger charge is -2.27. The number of halogens is 3. The number of alkyl halides is 3. The summed E-state index contributed by atoms with van der Waals surface area (Å²) in [6.07, 6.45) is -2.43. The van der Waals surface area contributed by atoms with Crippen molar-refractivity contribution in [2.45, 2.75) is 44.6 Å². The van der Waals surface area contributed by atoms with E-state index in [1.54, 1.807) is 16.7 Å². The van der Waals surface area contributed by atoms with Gasteiger partial charge >= 0.3 is 11.9 Å². The number of rotatable bonds is 5. The quantitative estimate of drug-likeness (QED) is 0.516. The van der Waals surface area contributed by atoms with Crippen LogP contribution in [0.25, 0.3) is 0 Å². The van der Waals surface area contributed by atoms with Crippen LogP contribution in [-0.2, 0) is 19.3 Å². The average Bonchev–Trinajstić information content (AvgIpc) is 3.33. The van der Waals surface area contributed by atoms with E-state index >= 15 is 0 Å². The molecule has 0 spiro atoms. The molecule has 3 aromatic rings. The van der Waals surface area contributed by atoms with E-state index < -0.39 is 11.7 Å². The lowest BCUT2D eigenvalue weighted by atomic mass is 10.0. The largest absolute Gasteiger partial charge is 0.473 e. The summed E-state index contributed by atoms with van der Waals surface area (Å²) in [6.45, 7) is 3.66. The van der Waals surface area contributed by atoms with Crippen molar-refractivity contribution in [2.24, 2.45) is 0 Å². The third kappa shape index (κ3) is 4.30. The van der Waals surface area contributed by atoms with Gasteiger partial charge in [0, 0.05) is 12.6 Å². The molecule has 2 aromatic carbocycles. The molecule has 10 heteroatoms. The summed E-state index contributed by atoms with van der Waals surface area (Å²) in [7, 11) is 0. The molecule has 0 amide bonds. The summed E-state index contributed by atoms with van der Waals surface area (Å²) in [5, 5.41) is 9.53. The Bertz CT molecular complexity index is 1400. The number of anilines is 1. The van der Waals surface area contributed by atoms with Gasteiger partial charge in [0.25, 0.3) is 0 Å². The van der Waals surface area contributed by atoms with Crippen molar-refractivity contribution in [3.8, 4) is 23.4 Å². The van der Waals surface area contributed by atoms with Crippen molar-refractivity contribution in [1.82, 2.24) is 9.55 Å². The molecule has 1 unspecified atom stereocenters. The maximum Gasteiger partial charge on any atom is 0.416 e. The van der Waals surface area contributed by atoms with Crippen molar-refractivity contribution in [2.75, 3.05) is 11.4 Å². The van der Waals surface area contributed by atoms with Gasteiger partial charge in [0.15, 0.2) is 0 Å². The highest BCUT2D eigenvalue weighted by Gasteiger charge is 2.44. The molecule has 0 aliphatic carbocycles. The third-order valence-corrected chi connectivity index (χ3v) is 6.43. The Morgan fingerprint density at radius 1 is 1.20 bits per heavy atom. The Labute approximate surface area is 199 Å². The molecule has 0 N–H and O–H groups in total. The number of benzene rings is 2. The third-order valence-electron chi connectivity index (χ3n) is 6.43. The predicted molar refractivity (Wildman–Crippen MR) is 120 cm³/mol. The monoisotopic (exact) mass is 482 g/mol. The van der Waals surface area contributed by atoms with Gasteiger partial charge in [0.05, 0.1) is 23.2 Å². The maximum atomic E-state index is 13.0. The maximum absolute atomic E-state index is 13.0. The molecule has 2 aliphatic rings. The van der Waals surface area contributed by atoms with Gasteiger partial charge in [-0.3, -0.25) is 4.57 Å². The van der Waals surface area contributed by atoms with Crippen LogP contribution in [0.4, 0.5) is 19.0 Å². The smallest absolute Gasteiger partial charge is 0.416 e. The van der Waals surface area contributed by atoms with Crippen LogP contribution in [0.1, 0.15) is 36.5 Å². The number of hydrogen-bond acceptors (Lipinski definition) is 6. The second-order valence-electron chi connectivity index (χ2n) is 8.93. The second kappa shape index (κ2) is 8.34. The van der Waals surface area contributed by atoms with Crippen molar-refractivity contribution in [1.29, 1.82) is 5.26 Å². The van der Waals surface area contributed by atoms with Crippen molar-refractivity contribution < 1.29 is 22.6 Å². The molecule has 0 bridgehead atoms. The first-order valence-electron chi connectivity index (χ1n) is 11.1. The summed E-state index contributed by atoms with van der Waals surface area (Å²) in [6, 6.07) is 12.9. The minimum absolute atomic E-state index is 0.0305. The first-order chi connectivity index (χ1) is 16.7. The van der Waals surface area contributed by atoms with E-state index in [0.717, 1.165) is 37.3 Å². The Kier molecular flexibility index (Phi) is 5.43. The van der Waals surface area contributed by atoms with Crippen LogP contribution in [0.5, 0.6) is 17.4 Å². The van der Waals surface area contributed by atoms with Crippen LogP contribution in [-0.4, -0.2) is 21.6 Å². The van der Waals surface area contributed by atoms with Crippen LogP contribution in [0.15, 0.2) is 53.3 Å². The molecule has 1 saturated heterocycles. The van der Waals surface area contributed by atoms with Gasteiger partial charge < -0.3 is 14.4 Å². The first kappa shape index (κ1) is 22.8. The zero-order valence-corrected chi connectivity index (χ0v) is 18.8. The first-order valence-corrected chi connectivity index (χ1v) is 11.1. The predicted octanol–water partition coefficient (Wildman–Crippen LogP) is 4.88. The van der Waals surface area contributed by atoms with Crippen LogP contribution in [0.3, 0.4) is 0 Å². The molecule has 3 heterocycles. The molecule has 1 aromatic heterocycles. The van der Waals surface area contributed by atoms with E-state index in [2.05, 4.69) is 16.8 Å². The highest BCUT2D eigenvalue weighted by atomic mass is 19.4. The highest BCUT2D eigenvalue weighted by molar-refractivity contribution is 5.51. The summed E-state index contributed by atoms with van der Waals surface area (Å²) >= 11 is 0. The molecule has 2 aliphatic heterocycles. The Morgan fingerprint density at radius 3 is 2.80 bits per heavy atom. The molecular formula is C25H21F3N4O3. The average molecular weight is 482 g/mol. The van der Waals surface area contributed by atoms with Crippen LogP contribution in [0.2, 0.25) is 0 Å². The van der Waals surface area contributed by atoms with E-state index in [4.69, 9.17) is 9.47 Å². The molecule has 35 heavy (non-hydrogen) atoms. The number of nitriles is 1. The van der Waals surface area contributed by atoms with Gasteiger partial charge in [0.1, 0.15) is 30.0 Å². The van der Waals surface area contributed by atoms with E-state index in [1.807, 2.05) is 6.07 Å². The van der Waals surface area contributed by atoms with Crippen LogP contribution in [0, 0.1) is 11.3 Å². The molecule has 180 valence electrons. The normalized spacial score (nSPS) is 18.7. The van der Waals surface area contributed by atoms with E-state index in [-0.39, 0.29) is 40.8 Å². The standard InChI is InChI=1S/C25H21F3N4O3/c1-24-8-3-9-32(24)22-12-21(30-23(33)31(22)15-24)34-14-16-6-7-20(17(10-16)13-29)35-19-5-2-4-18(11-19)25(26,27)28/h2,4-7,10-12H,3,8-9,14-15H2,1H3. The molecule has 1 fully saturated rings. The number of hydrogen-bond donors (Lipinski definition) is 0. The minimum atomic E-state index is -4.50. The highest BCUT2D eigenvalue weighted by Crippen LogP contribution is 2.41. The lowest BCUT2D eigenvalue weighted by Crippen LogP contribution is -2.38. The van der Waals surface area contributed by atoms with Gasteiger partial charge in [-0.15, -0.1) is 0 Å². The molecule has 5 rings (SSSR count). The summed E-state index contributed by atoms with van der Waals surface area (Å²) < 4.78 is 51.9. The minimum Gasteiger partial charge on any atom is -0.473 e. The number of ether oxygens (including phenoxy) is 2. The molecule has 0 radical (unpaired) electrons. The lowest BCUT2D eigenvalue weighted by molar-refractivity contribution is -0.137. The van der Waals surface area contributed by atoms with E-state index in [0.29, 0.717) is 12.1 Å². The fraction of sp³-hybridized carbons (Fsp3) is 0.320.